The maximum Gasteiger partial charge on any atom is 0.295 e. The summed E-state index contributed by atoms with van der Waals surface area (Å²) in [7, 11) is -9.85. The molecule has 11 heteroatoms. The molecule has 0 aliphatic carbocycles. The van der Waals surface area contributed by atoms with Crippen LogP contribution in [0, 0.1) is 0 Å². The molecule has 0 fully saturated rings. The third-order valence-corrected chi connectivity index (χ3v) is 5.69. The Bertz CT molecular complexity index is 1260. The quantitative estimate of drug-likeness (QED) is 0.465. The second-order valence-corrected chi connectivity index (χ2v) is 8.49. The minimum Gasteiger partial charge on any atom is -0.507 e. The van der Waals surface area contributed by atoms with E-state index < -0.39 is 47.1 Å². The van der Waals surface area contributed by atoms with Crippen LogP contribution in [0.3, 0.4) is 0 Å². The van der Waals surface area contributed by atoms with E-state index in [2.05, 4.69) is 5.32 Å². The Morgan fingerprint density at radius 3 is 1.82 bits per heavy atom. The molecule has 0 aliphatic heterocycles. The molecule has 3 aromatic rings. The molecule has 0 unspecified atom stereocenters. The van der Waals surface area contributed by atoms with Crippen LogP contribution in [0.4, 0.5) is 5.69 Å². The van der Waals surface area contributed by atoms with E-state index in [1.54, 1.807) is 18.2 Å². The van der Waals surface area contributed by atoms with Gasteiger partial charge in [-0.15, -0.1) is 0 Å². The summed E-state index contributed by atoms with van der Waals surface area (Å²) in [5.74, 6) is -1.19. The first-order chi connectivity index (χ1) is 13.0. The summed E-state index contributed by atoms with van der Waals surface area (Å²) in [6.07, 6.45) is 0. The molecule has 0 heterocycles. The third-order valence-electron chi connectivity index (χ3n) is 3.90. The number of aromatic hydroxyl groups is 1. The molecule has 146 valence electrons. The van der Waals surface area contributed by atoms with Gasteiger partial charge >= 0.3 is 0 Å². The molecule has 0 saturated heterocycles. The Hall–Kier alpha value is -2.99. The zero-order valence-corrected chi connectivity index (χ0v) is 15.5. The van der Waals surface area contributed by atoms with Crippen molar-refractivity contribution in [1.29, 1.82) is 0 Å². The lowest BCUT2D eigenvalue weighted by Crippen LogP contribution is -2.13. The van der Waals surface area contributed by atoms with Crippen LogP contribution in [0.15, 0.2) is 64.4 Å². The topological polar surface area (TPSA) is 158 Å². The van der Waals surface area contributed by atoms with Gasteiger partial charge < -0.3 is 10.4 Å². The average Bonchev–Trinajstić information content (AvgIpc) is 2.60. The van der Waals surface area contributed by atoms with Gasteiger partial charge in [0.2, 0.25) is 0 Å². The van der Waals surface area contributed by atoms with E-state index in [9.17, 15) is 35.8 Å². The standard InChI is InChI=1S/C17H13NO8S2/c19-12-7-9-14(28(24,25)26)16-13(27(21,22)23)8-6-11(15(12)16)18-17(20)10-4-2-1-3-5-10/h1-9,19H,(H,18,20)(H,21,22,23)(H,24,25,26). The van der Waals surface area contributed by atoms with Crippen LogP contribution < -0.4 is 5.32 Å². The van der Waals surface area contributed by atoms with Crippen LogP contribution in [0.5, 0.6) is 5.75 Å². The van der Waals surface area contributed by atoms with Crippen LogP contribution in [-0.2, 0) is 20.2 Å². The Labute approximate surface area is 159 Å². The van der Waals surface area contributed by atoms with E-state index in [1.165, 1.54) is 12.1 Å². The first-order valence-corrected chi connectivity index (χ1v) is 10.5. The van der Waals surface area contributed by atoms with E-state index in [4.69, 9.17) is 0 Å². The van der Waals surface area contributed by atoms with Crippen molar-refractivity contribution in [3.05, 3.63) is 60.2 Å². The molecule has 9 nitrogen and oxygen atoms in total. The molecular weight excluding hydrogens is 410 g/mol. The van der Waals surface area contributed by atoms with Crippen LogP contribution in [0.25, 0.3) is 10.8 Å². The van der Waals surface area contributed by atoms with Crippen molar-refractivity contribution in [1.82, 2.24) is 0 Å². The number of hydrogen-bond donors (Lipinski definition) is 4. The number of carbonyl (C=O) groups is 1. The fraction of sp³-hybridized carbons (Fsp3) is 0. The summed E-state index contributed by atoms with van der Waals surface area (Å²) in [5, 5.41) is 11.6. The monoisotopic (exact) mass is 423 g/mol. The molecule has 0 bridgehead atoms. The van der Waals surface area contributed by atoms with Gasteiger partial charge in [-0.25, -0.2) is 0 Å². The zero-order valence-electron chi connectivity index (χ0n) is 13.9. The van der Waals surface area contributed by atoms with Crippen LogP contribution >= 0.6 is 0 Å². The summed E-state index contributed by atoms with van der Waals surface area (Å²) in [6.45, 7) is 0. The first-order valence-electron chi connectivity index (χ1n) is 7.60. The Morgan fingerprint density at radius 2 is 1.29 bits per heavy atom. The number of amides is 1. The number of phenols is 1. The molecule has 0 aromatic heterocycles. The highest BCUT2D eigenvalue weighted by Crippen LogP contribution is 2.39. The molecule has 0 spiro atoms. The highest BCUT2D eigenvalue weighted by Gasteiger charge is 2.26. The minimum atomic E-state index is -4.93. The molecule has 28 heavy (non-hydrogen) atoms. The Morgan fingerprint density at radius 1 is 0.750 bits per heavy atom. The highest BCUT2D eigenvalue weighted by molar-refractivity contribution is 7.87. The largest absolute Gasteiger partial charge is 0.507 e. The van der Waals surface area contributed by atoms with E-state index in [-0.39, 0.29) is 16.6 Å². The van der Waals surface area contributed by atoms with E-state index >= 15 is 0 Å². The smallest absolute Gasteiger partial charge is 0.295 e. The van der Waals surface area contributed by atoms with Crippen molar-refractivity contribution < 1.29 is 35.8 Å². The lowest BCUT2D eigenvalue weighted by Gasteiger charge is -2.14. The van der Waals surface area contributed by atoms with Gasteiger partial charge in [0.1, 0.15) is 15.5 Å². The maximum atomic E-state index is 12.4. The minimum absolute atomic E-state index is 0.126. The van der Waals surface area contributed by atoms with E-state index in [0.717, 1.165) is 24.3 Å². The first kappa shape index (κ1) is 19.8. The van der Waals surface area contributed by atoms with Gasteiger partial charge in [0.05, 0.1) is 5.69 Å². The van der Waals surface area contributed by atoms with Gasteiger partial charge in [-0.2, -0.15) is 16.8 Å². The fourth-order valence-electron chi connectivity index (χ4n) is 2.73. The van der Waals surface area contributed by atoms with E-state index in [0.29, 0.717) is 0 Å². The van der Waals surface area contributed by atoms with E-state index in [1.807, 2.05) is 0 Å². The van der Waals surface area contributed by atoms with Gasteiger partial charge in [0.25, 0.3) is 26.1 Å². The highest BCUT2D eigenvalue weighted by atomic mass is 32.2. The summed E-state index contributed by atoms with van der Waals surface area (Å²) < 4.78 is 65.7. The van der Waals surface area contributed by atoms with Gasteiger partial charge in [0.15, 0.2) is 0 Å². The average molecular weight is 423 g/mol. The summed E-state index contributed by atoms with van der Waals surface area (Å²) in [5.41, 5.74) is 0.124. The molecule has 1 amide bonds. The summed E-state index contributed by atoms with van der Waals surface area (Å²) in [4.78, 5) is 10.7. The second kappa shape index (κ2) is 6.87. The van der Waals surface area contributed by atoms with Crippen molar-refractivity contribution >= 4 is 42.6 Å². The number of carbonyl (C=O) groups excluding carboxylic acids is 1. The Balaban J connectivity index is 2.34. The molecule has 0 saturated carbocycles. The van der Waals surface area contributed by atoms with Crippen molar-refractivity contribution in [2.45, 2.75) is 9.79 Å². The zero-order chi connectivity index (χ0) is 20.7. The maximum absolute atomic E-state index is 12.4. The van der Waals surface area contributed by atoms with Crippen molar-refractivity contribution in [3.63, 3.8) is 0 Å². The summed E-state index contributed by atoms with van der Waals surface area (Å²) in [6, 6.07) is 11.6. The van der Waals surface area contributed by atoms with Crippen molar-refractivity contribution in [3.8, 4) is 5.75 Å². The van der Waals surface area contributed by atoms with Gasteiger partial charge in [-0.05, 0) is 36.4 Å². The van der Waals surface area contributed by atoms with Gasteiger partial charge in [0, 0.05) is 16.3 Å². The van der Waals surface area contributed by atoms with Crippen LogP contribution in [0.2, 0.25) is 0 Å². The predicted molar refractivity (Wildman–Crippen MR) is 99.6 cm³/mol. The van der Waals surface area contributed by atoms with Crippen molar-refractivity contribution in [2.24, 2.45) is 0 Å². The number of nitrogens with one attached hydrogen (secondary N) is 1. The lowest BCUT2D eigenvalue weighted by molar-refractivity contribution is 0.102. The van der Waals surface area contributed by atoms with Crippen LogP contribution in [0.1, 0.15) is 10.4 Å². The molecule has 0 atom stereocenters. The number of benzene rings is 3. The molecular formula is C17H13NO8S2. The van der Waals surface area contributed by atoms with Gasteiger partial charge in [-0.3, -0.25) is 13.9 Å². The molecule has 4 N–H and O–H groups in total. The SMILES string of the molecule is O=C(Nc1ccc(S(=O)(=O)O)c2c(S(=O)(=O)O)ccc(O)c12)c1ccccc1. The Kier molecular flexibility index (Phi) is 4.85. The van der Waals surface area contributed by atoms with Crippen molar-refractivity contribution in [2.75, 3.05) is 5.32 Å². The third kappa shape index (κ3) is 3.68. The van der Waals surface area contributed by atoms with Gasteiger partial charge in [-0.1, -0.05) is 18.2 Å². The lowest BCUT2D eigenvalue weighted by atomic mass is 10.1. The molecule has 0 aliphatic rings. The second-order valence-electron chi connectivity index (χ2n) is 5.71. The molecule has 0 radical (unpaired) electrons. The number of anilines is 1. The molecule has 3 rings (SSSR count). The number of phenolic OH excluding ortho intramolecular Hbond substituents is 1. The predicted octanol–water partition coefficient (Wildman–Crippen LogP) is 2.29. The number of rotatable bonds is 4. The number of hydrogen-bond acceptors (Lipinski definition) is 6. The number of fused-ring (bicyclic) bond motifs is 1. The van der Waals surface area contributed by atoms with Crippen LogP contribution in [-0.4, -0.2) is 37.0 Å². The summed E-state index contributed by atoms with van der Waals surface area (Å²) >= 11 is 0. The molecule has 3 aromatic carbocycles. The fourth-order valence-corrected chi connectivity index (χ4v) is 4.22. The normalized spacial score (nSPS) is 12.1.